The summed E-state index contributed by atoms with van der Waals surface area (Å²) in [6.07, 6.45) is 0. The zero-order valence-electron chi connectivity index (χ0n) is 31.7. The molecule has 0 saturated heterocycles. The molecule has 0 fully saturated rings. The third-order valence-electron chi connectivity index (χ3n) is 11.4. The molecular formula is C56H37NO. The Kier molecular flexibility index (Phi) is 8.19. The Bertz CT molecular complexity index is 3190. The summed E-state index contributed by atoms with van der Waals surface area (Å²) in [5.41, 5.74) is 14.5. The topological polar surface area (TPSA) is 16.4 Å². The normalized spacial score (nSPS) is 11.4. The summed E-state index contributed by atoms with van der Waals surface area (Å²) >= 11 is 0. The van der Waals surface area contributed by atoms with Gasteiger partial charge in [-0.1, -0.05) is 164 Å². The summed E-state index contributed by atoms with van der Waals surface area (Å²) < 4.78 is 6.49. The molecule has 0 aliphatic rings. The second kappa shape index (κ2) is 14.1. The smallest absolute Gasteiger partial charge is 0.136 e. The number of rotatable bonds is 7. The van der Waals surface area contributed by atoms with Gasteiger partial charge in [0.1, 0.15) is 11.2 Å². The molecule has 0 radical (unpaired) electrons. The van der Waals surface area contributed by atoms with E-state index in [-0.39, 0.29) is 0 Å². The van der Waals surface area contributed by atoms with Crippen molar-refractivity contribution in [1.82, 2.24) is 0 Å². The number of hydrogen-bond acceptors (Lipinski definition) is 2. The van der Waals surface area contributed by atoms with Crippen LogP contribution in [0.15, 0.2) is 229 Å². The summed E-state index contributed by atoms with van der Waals surface area (Å²) in [5, 5.41) is 7.13. The lowest BCUT2D eigenvalue weighted by Crippen LogP contribution is -2.10. The molecule has 11 aromatic rings. The second-order valence-corrected chi connectivity index (χ2v) is 14.9. The Morgan fingerprint density at radius 3 is 1.53 bits per heavy atom. The minimum absolute atomic E-state index is 0.904. The van der Waals surface area contributed by atoms with Gasteiger partial charge in [0.25, 0.3) is 0 Å². The molecule has 0 saturated carbocycles. The van der Waals surface area contributed by atoms with Gasteiger partial charge in [-0.25, -0.2) is 0 Å². The minimum atomic E-state index is 0.904. The second-order valence-electron chi connectivity index (χ2n) is 14.9. The molecule has 0 N–H and O–H groups in total. The van der Waals surface area contributed by atoms with Crippen LogP contribution in [0, 0.1) is 0 Å². The molecule has 10 aromatic carbocycles. The molecule has 0 unspecified atom stereocenters. The van der Waals surface area contributed by atoms with Gasteiger partial charge in [0, 0.05) is 27.8 Å². The molecule has 2 nitrogen and oxygen atoms in total. The highest BCUT2D eigenvalue weighted by Crippen LogP contribution is 2.43. The Balaban J connectivity index is 1.05. The molecule has 1 aromatic heterocycles. The standard InChI is InChI=1S/C56H37NO/c1-3-13-38(14-4-1)43-19-11-21-48(34-43)57(49-22-12-20-44(35-49)39-15-5-2-6-16-39)47-30-27-41(28-31-47)45-29-32-50-53(36-45)52(46-26-25-40-17-7-8-18-42(40)33-46)37-55-56(50)51-23-9-10-24-54(51)58-55/h1-37H. The number of furan rings is 1. The van der Waals surface area contributed by atoms with Crippen molar-refractivity contribution >= 4 is 60.5 Å². The molecule has 0 spiro atoms. The number of hydrogen-bond donors (Lipinski definition) is 0. The Morgan fingerprint density at radius 1 is 0.276 bits per heavy atom. The van der Waals surface area contributed by atoms with E-state index >= 15 is 0 Å². The van der Waals surface area contributed by atoms with E-state index in [0.717, 1.165) is 55.7 Å². The van der Waals surface area contributed by atoms with Crippen LogP contribution in [0.4, 0.5) is 17.1 Å². The van der Waals surface area contributed by atoms with Crippen LogP contribution in [0.3, 0.4) is 0 Å². The van der Waals surface area contributed by atoms with Crippen LogP contribution in [0.5, 0.6) is 0 Å². The fraction of sp³-hybridized carbons (Fsp3) is 0. The third kappa shape index (κ3) is 6.00. The van der Waals surface area contributed by atoms with Crippen molar-refractivity contribution in [3.63, 3.8) is 0 Å². The van der Waals surface area contributed by atoms with Crippen LogP contribution in [-0.4, -0.2) is 0 Å². The average molecular weight is 740 g/mol. The van der Waals surface area contributed by atoms with Crippen LogP contribution >= 0.6 is 0 Å². The van der Waals surface area contributed by atoms with Crippen molar-refractivity contribution in [3.8, 4) is 44.5 Å². The SMILES string of the molecule is c1ccc(-c2cccc(N(c3ccc(-c4ccc5c(c4)c(-c4ccc6ccccc6c4)cc4oc6ccccc6c45)cc3)c3cccc(-c4ccccc4)c3)c2)cc1. The Morgan fingerprint density at radius 2 is 0.828 bits per heavy atom. The highest BCUT2D eigenvalue weighted by molar-refractivity contribution is 6.22. The maximum Gasteiger partial charge on any atom is 0.136 e. The molecule has 0 atom stereocenters. The molecule has 0 aliphatic heterocycles. The predicted octanol–water partition coefficient (Wildman–Crippen LogP) is 16.0. The first-order valence-corrected chi connectivity index (χ1v) is 19.8. The first-order chi connectivity index (χ1) is 28.7. The van der Waals surface area contributed by atoms with E-state index in [9.17, 15) is 0 Å². The van der Waals surface area contributed by atoms with Crippen LogP contribution < -0.4 is 4.90 Å². The lowest BCUT2D eigenvalue weighted by Gasteiger charge is -2.27. The van der Waals surface area contributed by atoms with Gasteiger partial charge >= 0.3 is 0 Å². The first kappa shape index (κ1) is 33.6. The summed E-state index contributed by atoms with van der Waals surface area (Å²) in [6.45, 7) is 0. The largest absolute Gasteiger partial charge is 0.456 e. The molecule has 0 bridgehead atoms. The van der Waals surface area contributed by atoms with Gasteiger partial charge in [0.15, 0.2) is 0 Å². The lowest BCUT2D eigenvalue weighted by atomic mass is 9.91. The molecule has 0 aliphatic carbocycles. The lowest BCUT2D eigenvalue weighted by molar-refractivity contribution is 0.669. The Hall–Kier alpha value is -7.68. The monoisotopic (exact) mass is 739 g/mol. The predicted molar refractivity (Wildman–Crippen MR) is 245 cm³/mol. The zero-order chi connectivity index (χ0) is 38.4. The molecule has 272 valence electrons. The van der Waals surface area contributed by atoms with Gasteiger partial charge in [-0.3, -0.25) is 0 Å². The third-order valence-corrected chi connectivity index (χ3v) is 11.4. The van der Waals surface area contributed by atoms with Crippen LogP contribution in [0.1, 0.15) is 0 Å². The van der Waals surface area contributed by atoms with Gasteiger partial charge in [0.2, 0.25) is 0 Å². The summed E-state index contributed by atoms with van der Waals surface area (Å²) in [7, 11) is 0. The van der Waals surface area contributed by atoms with Crippen molar-refractivity contribution in [2.75, 3.05) is 4.90 Å². The molecule has 0 amide bonds. The zero-order valence-corrected chi connectivity index (χ0v) is 31.7. The fourth-order valence-electron chi connectivity index (χ4n) is 8.57. The number of benzene rings is 10. The van der Waals surface area contributed by atoms with Crippen LogP contribution in [-0.2, 0) is 0 Å². The molecule has 58 heavy (non-hydrogen) atoms. The van der Waals surface area contributed by atoms with E-state index in [1.54, 1.807) is 0 Å². The van der Waals surface area contributed by atoms with Crippen molar-refractivity contribution in [3.05, 3.63) is 224 Å². The molecule has 11 rings (SSSR count). The summed E-state index contributed by atoms with van der Waals surface area (Å²) in [4.78, 5) is 2.36. The van der Waals surface area contributed by atoms with Gasteiger partial charge in [-0.2, -0.15) is 0 Å². The summed E-state index contributed by atoms with van der Waals surface area (Å²) in [5.74, 6) is 0. The molecule has 1 heterocycles. The van der Waals surface area contributed by atoms with E-state index in [1.165, 1.54) is 49.4 Å². The van der Waals surface area contributed by atoms with E-state index in [4.69, 9.17) is 4.42 Å². The van der Waals surface area contributed by atoms with E-state index in [1.807, 2.05) is 6.07 Å². The maximum atomic E-state index is 6.49. The maximum absolute atomic E-state index is 6.49. The Labute approximate surface area is 337 Å². The highest BCUT2D eigenvalue weighted by atomic mass is 16.3. The molecule has 2 heteroatoms. The highest BCUT2D eigenvalue weighted by Gasteiger charge is 2.18. The van der Waals surface area contributed by atoms with Gasteiger partial charge < -0.3 is 9.32 Å². The van der Waals surface area contributed by atoms with Crippen molar-refractivity contribution in [1.29, 1.82) is 0 Å². The number of nitrogens with zero attached hydrogens (tertiary/aromatic N) is 1. The number of para-hydroxylation sites is 1. The van der Waals surface area contributed by atoms with Crippen molar-refractivity contribution in [2.45, 2.75) is 0 Å². The van der Waals surface area contributed by atoms with Crippen molar-refractivity contribution < 1.29 is 4.42 Å². The van der Waals surface area contributed by atoms with Crippen LogP contribution in [0.25, 0.3) is 88.0 Å². The number of fused-ring (bicyclic) bond motifs is 6. The minimum Gasteiger partial charge on any atom is -0.456 e. The van der Waals surface area contributed by atoms with Gasteiger partial charge in [0.05, 0.1) is 0 Å². The van der Waals surface area contributed by atoms with Gasteiger partial charge in [-0.05, 0) is 127 Å². The van der Waals surface area contributed by atoms with E-state index in [2.05, 4.69) is 223 Å². The van der Waals surface area contributed by atoms with E-state index in [0.29, 0.717) is 0 Å². The molecular weight excluding hydrogens is 703 g/mol. The van der Waals surface area contributed by atoms with E-state index < -0.39 is 0 Å². The average Bonchev–Trinajstić information content (AvgIpc) is 3.68. The first-order valence-electron chi connectivity index (χ1n) is 19.8. The number of anilines is 3. The van der Waals surface area contributed by atoms with Crippen molar-refractivity contribution in [2.24, 2.45) is 0 Å². The quantitative estimate of drug-likeness (QED) is 0.162. The fourth-order valence-corrected chi connectivity index (χ4v) is 8.57. The van der Waals surface area contributed by atoms with Crippen LogP contribution in [0.2, 0.25) is 0 Å². The van der Waals surface area contributed by atoms with Gasteiger partial charge in [-0.15, -0.1) is 0 Å². The summed E-state index contributed by atoms with van der Waals surface area (Å²) in [6, 6.07) is 80.7.